The zero-order valence-electron chi connectivity index (χ0n) is 28.8. The molecule has 0 spiro atoms. The number of fused-ring (bicyclic) bond motifs is 1. The number of halogens is 1. The van der Waals surface area contributed by atoms with Gasteiger partial charge in [-0.05, 0) is 63.4 Å². The third-order valence-corrected chi connectivity index (χ3v) is 5.85. The molecule has 0 aliphatic carbocycles. The first-order valence-electron chi connectivity index (χ1n) is 15.7. The van der Waals surface area contributed by atoms with Crippen LogP contribution >= 0.6 is 11.6 Å². The van der Waals surface area contributed by atoms with Crippen molar-refractivity contribution < 1.29 is 23.9 Å². The van der Waals surface area contributed by atoms with E-state index >= 15 is 0 Å². The lowest BCUT2D eigenvalue weighted by molar-refractivity contribution is -0.114. The maximum Gasteiger partial charge on any atom is 0.159 e. The van der Waals surface area contributed by atoms with Crippen molar-refractivity contribution in [2.45, 2.75) is 20.0 Å². The summed E-state index contributed by atoms with van der Waals surface area (Å²) in [6.07, 6.45) is 2.57. The molecule has 0 bridgehead atoms. The van der Waals surface area contributed by atoms with E-state index in [1.807, 2.05) is 12.1 Å². The van der Waals surface area contributed by atoms with Crippen LogP contribution in [0.15, 0.2) is 73.0 Å². The van der Waals surface area contributed by atoms with Gasteiger partial charge >= 0.3 is 0 Å². The van der Waals surface area contributed by atoms with Crippen LogP contribution < -0.4 is 14.8 Å². The summed E-state index contributed by atoms with van der Waals surface area (Å²) < 4.78 is 66.6. The van der Waals surface area contributed by atoms with Crippen LogP contribution in [0.1, 0.15) is 33.3 Å². The van der Waals surface area contributed by atoms with Crippen molar-refractivity contribution in [3.05, 3.63) is 94.9 Å². The van der Waals surface area contributed by atoms with Crippen molar-refractivity contribution in [2.24, 2.45) is 0 Å². The quantitative estimate of drug-likeness (QED) is 0.207. The van der Waals surface area contributed by atoms with E-state index in [1.165, 1.54) is 6.20 Å². The van der Waals surface area contributed by atoms with Crippen LogP contribution in [0.4, 0.5) is 11.4 Å². The molecular weight excluding hydrogens is 526 g/mol. The van der Waals surface area contributed by atoms with E-state index in [4.69, 9.17) is 30.7 Å². The Hall–Kier alpha value is -4.45. The average Bonchev–Trinajstić information content (AvgIpc) is 3.04. The summed E-state index contributed by atoms with van der Waals surface area (Å²) in [5, 5.41) is 13.8. The number of pyridine rings is 2. The largest absolute Gasteiger partial charge is 0.494 e. The molecule has 0 radical (unpaired) electrons. The molecule has 2 aromatic heterocycles. The first-order valence-corrected chi connectivity index (χ1v) is 12.6. The number of hydrogen-bond donors (Lipinski definition) is 1. The third kappa shape index (κ3) is 7.35. The van der Waals surface area contributed by atoms with Gasteiger partial charge in [-0.2, -0.15) is 5.26 Å². The topological polar surface area (TPSA) is 100 Å². The summed E-state index contributed by atoms with van der Waals surface area (Å²) in [5.41, 5.74) is 2.48. The number of nitriles is 1. The first kappa shape index (κ1) is 20.5. The maximum atomic E-state index is 13.2. The van der Waals surface area contributed by atoms with Gasteiger partial charge in [-0.15, -0.1) is 0 Å². The van der Waals surface area contributed by atoms with Crippen molar-refractivity contribution >= 4 is 39.7 Å². The number of hydrogen-bond acceptors (Lipinski definition) is 8. The van der Waals surface area contributed by atoms with Gasteiger partial charge in [0.2, 0.25) is 0 Å². The Balaban J connectivity index is 1.69. The van der Waals surface area contributed by atoms with Crippen molar-refractivity contribution in [1.29, 1.82) is 5.26 Å². The number of benzene rings is 2. The molecule has 0 unspecified atom stereocenters. The minimum atomic E-state index is -2.92. The van der Waals surface area contributed by atoms with Gasteiger partial charge in [0.15, 0.2) is 5.78 Å². The highest BCUT2D eigenvalue weighted by atomic mass is 35.5. The van der Waals surface area contributed by atoms with E-state index in [0.717, 1.165) is 12.7 Å². The van der Waals surface area contributed by atoms with Crippen molar-refractivity contribution in [1.82, 2.24) is 14.9 Å². The van der Waals surface area contributed by atoms with Gasteiger partial charge in [0.25, 0.3) is 0 Å². The lowest BCUT2D eigenvalue weighted by Gasteiger charge is -2.16. The van der Waals surface area contributed by atoms with E-state index in [1.54, 1.807) is 49.5 Å². The molecule has 0 saturated carbocycles. The number of allylic oxidation sites excluding steroid dienone is 1. The molecule has 40 heavy (non-hydrogen) atoms. The highest BCUT2D eigenvalue weighted by molar-refractivity contribution is 6.32. The van der Waals surface area contributed by atoms with Gasteiger partial charge in [0, 0.05) is 54.9 Å². The predicted molar refractivity (Wildman–Crippen MR) is 157 cm³/mol. The molecule has 0 fully saturated rings. The lowest BCUT2D eigenvalue weighted by atomic mass is 10.0. The van der Waals surface area contributed by atoms with E-state index in [9.17, 15) is 10.1 Å². The second-order valence-electron chi connectivity index (χ2n) is 8.47. The molecular formula is C31H30ClN5O3. The molecule has 4 rings (SSSR count). The molecule has 0 saturated heterocycles. The van der Waals surface area contributed by atoms with E-state index in [-0.39, 0.29) is 30.1 Å². The Labute approximate surface area is 248 Å². The number of rotatable bonds is 12. The Morgan fingerprint density at radius 1 is 1.25 bits per heavy atom. The summed E-state index contributed by atoms with van der Waals surface area (Å²) in [5.74, 6) is -0.256. The van der Waals surface area contributed by atoms with Gasteiger partial charge in [-0.25, -0.2) is 0 Å². The molecule has 0 atom stereocenters. The predicted octanol–water partition coefficient (Wildman–Crippen LogP) is 6.11. The third-order valence-electron chi connectivity index (χ3n) is 5.55. The molecule has 1 N–H and O–H groups in total. The number of ether oxygens (including phenoxy) is 2. The van der Waals surface area contributed by atoms with E-state index in [0.29, 0.717) is 37.9 Å². The maximum absolute atomic E-state index is 13.2. The number of likely N-dealkylation sites (N-methyl/N-ethyl adjacent to an activating group) is 1. The summed E-state index contributed by atoms with van der Waals surface area (Å²) in [6.45, 7) is -3.67. The second-order valence-corrected chi connectivity index (χ2v) is 8.88. The van der Waals surface area contributed by atoms with Crippen LogP contribution in [0.2, 0.25) is 5.02 Å². The summed E-state index contributed by atoms with van der Waals surface area (Å²) in [4.78, 5) is 22.1. The van der Waals surface area contributed by atoms with Crippen LogP contribution in [-0.2, 0) is 17.8 Å². The molecule has 9 heteroatoms. The normalized spacial score (nSPS) is 14.8. The molecule has 2 heterocycles. The molecule has 2 aromatic carbocycles. The smallest absolute Gasteiger partial charge is 0.159 e. The average molecular weight is 563 g/mol. The van der Waals surface area contributed by atoms with Gasteiger partial charge < -0.3 is 19.7 Å². The van der Waals surface area contributed by atoms with E-state index < -0.39 is 37.8 Å². The van der Waals surface area contributed by atoms with Crippen molar-refractivity contribution in [3.63, 3.8) is 0 Å². The number of nitrogens with one attached hydrogen (secondary N) is 1. The fourth-order valence-corrected chi connectivity index (χ4v) is 4.02. The number of aromatic nitrogens is 2. The minimum Gasteiger partial charge on any atom is -0.494 e. The molecule has 0 amide bonds. The SMILES string of the molecule is [2H]/C(C(=O)Cc1cc2c(Nc3ccc(OCc4ccccn4)c(Cl)c3)c(C#N)cnc2cc1OCC)=C(/[2H])C([2H])([2H])N(C)C([2H])([2H])[2H]. The lowest BCUT2D eigenvalue weighted by Crippen LogP contribution is -2.11. The van der Waals surface area contributed by atoms with Gasteiger partial charge in [0.1, 0.15) is 24.2 Å². The molecule has 0 aliphatic heterocycles. The molecule has 0 aliphatic rings. The molecule has 204 valence electrons. The zero-order valence-corrected chi connectivity index (χ0v) is 22.5. The number of carbonyl (C=O) groups is 1. The number of ketones is 1. The Morgan fingerprint density at radius 3 is 2.85 bits per heavy atom. The highest BCUT2D eigenvalue weighted by Crippen LogP contribution is 2.36. The number of carbonyl (C=O) groups excluding carboxylic acids is 1. The summed E-state index contributed by atoms with van der Waals surface area (Å²) in [6, 6.07) is 13.6. The summed E-state index contributed by atoms with van der Waals surface area (Å²) >= 11 is 6.51. The number of nitrogens with zero attached hydrogens (tertiary/aromatic N) is 4. The van der Waals surface area contributed by atoms with Gasteiger partial charge in [-0.1, -0.05) is 23.7 Å². The minimum absolute atomic E-state index is 0.181. The standard InChI is InChI=1S/C31H30ClN5O3/c1-4-39-30-17-28-26(15-21(30)14-25(38)9-7-13-37(2)3)31(22(18-33)19-35-28)36-23-10-11-29(27(32)16-23)40-20-24-8-5-6-12-34-24/h5-12,15-17,19H,4,13-14,20H2,1-3H3,(H,35,36)/b9-7+/i2D3,7D,9D,13D2. The zero-order chi connectivity index (χ0) is 34.5. The van der Waals surface area contributed by atoms with Crippen LogP contribution in [0.5, 0.6) is 11.5 Å². The fourth-order valence-electron chi connectivity index (χ4n) is 3.79. The van der Waals surface area contributed by atoms with Crippen LogP contribution in [0, 0.1) is 11.3 Å². The van der Waals surface area contributed by atoms with Crippen LogP contribution in [0.3, 0.4) is 0 Å². The molecule has 4 aromatic rings. The van der Waals surface area contributed by atoms with Crippen LogP contribution in [0.25, 0.3) is 10.9 Å². The van der Waals surface area contributed by atoms with Gasteiger partial charge in [-0.3, -0.25) is 14.8 Å². The number of anilines is 2. The first-order chi connectivity index (χ1) is 22.2. The highest BCUT2D eigenvalue weighted by Gasteiger charge is 2.16. The fraction of sp³-hybridized carbons (Fsp3) is 0.226. The second kappa shape index (κ2) is 13.6. The van der Waals surface area contributed by atoms with Gasteiger partial charge in [0.05, 0.1) is 36.8 Å². The van der Waals surface area contributed by atoms with Crippen molar-refractivity contribution in [2.75, 3.05) is 32.4 Å². The van der Waals surface area contributed by atoms with Crippen molar-refractivity contribution in [3.8, 4) is 17.6 Å². The monoisotopic (exact) mass is 562 g/mol. The van der Waals surface area contributed by atoms with E-state index in [2.05, 4.69) is 21.4 Å². The summed E-state index contributed by atoms with van der Waals surface area (Å²) in [7, 11) is 0.945. The van der Waals surface area contributed by atoms with Crippen LogP contribution in [-0.4, -0.2) is 47.8 Å². The Bertz CT molecular complexity index is 1860. The Kier molecular flexibility index (Phi) is 6.93. The molecule has 8 nitrogen and oxygen atoms in total. The Morgan fingerprint density at radius 2 is 2.12 bits per heavy atom.